The van der Waals surface area contributed by atoms with Crippen molar-refractivity contribution in [2.24, 2.45) is 0 Å². The van der Waals surface area contributed by atoms with Gasteiger partial charge in [0.2, 0.25) is 0 Å². The lowest BCUT2D eigenvalue weighted by molar-refractivity contribution is 0.668. The summed E-state index contributed by atoms with van der Waals surface area (Å²) < 4.78 is 6.54. The number of hydrogen-bond acceptors (Lipinski definition) is 4. The van der Waals surface area contributed by atoms with Gasteiger partial charge in [-0.05, 0) is 135 Å². The molecule has 0 N–H and O–H groups in total. The molecule has 12 rings (SSSR count). The Hall–Kier alpha value is -8.99. The Morgan fingerprint density at radius 3 is 1.45 bits per heavy atom. The Kier molecular flexibility index (Phi) is 11.9. The van der Waals surface area contributed by atoms with Crippen LogP contribution in [0.25, 0.3) is 100 Å². The summed E-state index contributed by atoms with van der Waals surface area (Å²) in [4.78, 5) is 14.1. The molecule has 12 aromatic rings. The van der Waals surface area contributed by atoms with Crippen LogP contribution in [0.4, 0.5) is 0 Å². The van der Waals surface area contributed by atoms with E-state index in [-0.39, 0.29) is 0 Å². The van der Waals surface area contributed by atoms with Crippen LogP contribution in [-0.4, -0.2) is 15.0 Å². The maximum absolute atomic E-state index is 6.54. The predicted octanol–water partition coefficient (Wildman–Crippen LogP) is 17.0. The van der Waals surface area contributed by atoms with Gasteiger partial charge in [0.05, 0.1) is 11.4 Å². The molecule has 0 aliphatic heterocycles. The molecule has 0 fully saturated rings. The Bertz CT molecular complexity index is 3670. The molecule has 4 nitrogen and oxygen atoms in total. The first-order valence-electron chi connectivity index (χ1n) is 24.5. The molecule has 71 heavy (non-hydrogen) atoms. The van der Waals surface area contributed by atoms with Crippen molar-refractivity contribution in [2.75, 3.05) is 0 Å². The second-order valence-electron chi connectivity index (χ2n) is 18.2. The number of aromatic nitrogens is 3. The molecule has 4 heterocycles. The number of aryl methyl sites for hydroxylation is 4. The summed E-state index contributed by atoms with van der Waals surface area (Å²) in [6, 6.07) is 82.7. The van der Waals surface area contributed by atoms with Crippen molar-refractivity contribution in [1.82, 2.24) is 15.0 Å². The van der Waals surface area contributed by atoms with Crippen molar-refractivity contribution in [3.63, 3.8) is 0 Å². The number of hydrogen-bond donors (Lipinski definition) is 0. The van der Waals surface area contributed by atoms with Crippen LogP contribution in [0.5, 0.6) is 0 Å². The first kappa shape index (κ1) is 43.3. The van der Waals surface area contributed by atoms with Gasteiger partial charge in [-0.2, -0.15) is 0 Å². The number of fused-ring (bicyclic) bond motifs is 3. The fourth-order valence-corrected chi connectivity index (χ4v) is 10.0. The molecule has 0 saturated carbocycles. The molecule has 4 aromatic heterocycles. The van der Waals surface area contributed by atoms with Crippen LogP contribution in [0.1, 0.15) is 22.3 Å². The number of furan rings is 1. The smallest absolute Gasteiger partial charge is 0.161 e. The number of nitrogens with zero attached hydrogens (tertiary/aromatic N) is 3. The Morgan fingerprint density at radius 2 is 0.803 bits per heavy atom. The van der Waals surface area contributed by atoms with Crippen LogP contribution in [0.3, 0.4) is 0 Å². The topological polar surface area (TPSA) is 51.8 Å². The Labute approximate surface area is 414 Å². The number of benzene rings is 8. The minimum atomic E-state index is 0.796. The highest BCUT2D eigenvalue weighted by atomic mass is 16.3. The minimum absolute atomic E-state index is 0.796. The summed E-state index contributed by atoms with van der Waals surface area (Å²) in [5.74, 6) is 0. The van der Waals surface area contributed by atoms with Gasteiger partial charge in [0, 0.05) is 46.1 Å². The molecule has 8 aromatic carbocycles. The third-order valence-corrected chi connectivity index (χ3v) is 13.7. The third-order valence-electron chi connectivity index (χ3n) is 13.7. The normalized spacial score (nSPS) is 11.3. The molecule has 4 heteroatoms. The number of para-hydroxylation sites is 1. The van der Waals surface area contributed by atoms with E-state index in [0.717, 1.165) is 98.1 Å². The summed E-state index contributed by atoms with van der Waals surface area (Å²) in [7, 11) is 0. The van der Waals surface area contributed by atoms with E-state index in [4.69, 9.17) is 9.40 Å². The second kappa shape index (κ2) is 19.6. The van der Waals surface area contributed by atoms with E-state index in [1.165, 1.54) is 50.1 Å². The van der Waals surface area contributed by atoms with Gasteiger partial charge in [-0.15, -0.1) is 0 Å². The van der Waals surface area contributed by atoms with Crippen molar-refractivity contribution >= 4 is 21.9 Å². The van der Waals surface area contributed by atoms with E-state index < -0.39 is 0 Å². The minimum Gasteiger partial charge on any atom is -0.454 e. The first-order valence-corrected chi connectivity index (χ1v) is 24.5. The molecule has 0 spiro atoms. The lowest BCUT2D eigenvalue weighted by Gasteiger charge is -2.18. The molecule has 338 valence electrons. The average molecular weight is 912 g/mol. The fraction of sp³-hybridized carbons (Fsp3) is 0.0597. The van der Waals surface area contributed by atoms with Crippen molar-refractivity contribution in [2.45, 2.75) is 25.7 Å². The summed E-state index contributed by atoms with van der Waals surface area (Å²) in [6.45, 7) is 0. The summed E-state index contributed by atoms with van der Waals surface area (Å²) >= 11 is 0. The third kappa shape index (κ3) is 9.19. The predicted molar refractivity (Wildman–Crippen MR) is 293 cm³/mol. The molecule has 0 aliphatic rings. The van der Waals surface area contributed by atoms with Crippen molar-refractivity contribution in [3.05, 3.63) is 271 Å². The van der Waals surface area contributed by atoms with E-state index in [1.807, 2.05) is 55.0 Å². The summed E-state index contributed by atoms with van der Waals surface area (Å²) in [6.07, 6.45) is 9.29. The molecule has 0 saturated heterocycles. The Morgan fingerprint density at radius 1 is 0.282 bits per heavy atom. The van der Waals surface area contributed by atoms with Crippen molar-refractivity contribution < 1.29 is 4.42 Å². The van der Waals surface area contributed by atoms with Gasteiger partial charge in [-0.3, -0.25) is 15.0 Å². The zero-order valence-corrected chi connectivity index (χ0v) is 39.2. The maximum Gasteiger partial charge on any atom is 0.161 e. The zero-order valence-electron chi connectivity index (χ0n) is 39.2. The number of pyridine rings is 3. The van der Waals surface area contributed by atoms with Gasteiger partial charge < -0.3 is 4.42 Å². The lowest BCUT2D eigenvalue weighted by atomic mass is 9.86. The quantitative estimate of drug-likeness (QED) is 0.116. The van der Waals surface area contributed by atoms with Crippen molar-refractivity contribution in [1.29, 1.82) is 0 Å². The fourth-order valence-electron chi connectivity index (χ4n) is 10.0. The second-order valence-corrected chi connectivity index (χ2v) is 18.2. The molecule has 0 bridgehead atoms. The van der Waals surface area contributed by atoms with Gasteiger partial charge in [0.15, 0.2) is 5.58 Å². The number of rotatable bonds is 13. The van der Waals surface area contributed by atoms with Gasteiger partial charge in [-0.25, -0.2) is 0 Å². The lowest BCUT2D eigenvalue weighted by Crippen LogP contribution is -1.98. The van der Waals surface area contributed by atoms with E-state index in [1.54, 1.807) is 0 Å². The SMILES string of the molecule is c1ccc(-c2ccc(-c3cc(-c4nccc5c4oc4ccccc45)ccc3-c3ccccc3-c3cc(CCc4ccc(-c5ccccn5)cc4)cc(CCc4ccc(-c5ccccn5)cc4)c3)cc2)cc1. The summed E-state index contributed by atoms with van der Waals surface area (Å²) in [5.41, 5.74) is 22.4. The van der Waals surface area contributed by atoms with Gasteiger partial charge in [-0.1, -0.05) is 188 Å². The molecule has 0 radical (unpaired) electrons. The van der Waals surface area contributed by atoms with E-state index in [9.17, 15) is 0 Å². The molecule has 0 unspecified atom stereocenters. The molecule has 0 amide bonds. The average Bonchev–Trinajstić information content (AvgIpc) is 3.84. The zero-order chi connectivity index (χ0) is 47.3. The molecule has 0 aliphatic carbocycles. The van der Waals surface area contributed by atoms with E-state index >= 15 is 0 Å². The largest absolute Gasteiger partial charge is 0.454 e. The van der Waals surface area contributed by atoms with Gasteiger partial charge in [0.1, 0.15) is 11.3 Å². The summed E-state index contributed by atoms with van der Waals surface area (Å²) in [5, 5.41) is 2.15. The van der Waals surface area contributed by atoms with Crippen molar-refractivity contribution in [3.8, 4) is 78.3 Å². The van der Waals surface area contributed by atoms with Gasteiger partial charge >= 0.3 is 0 Å². The van der Waals surface area contributed by atoms with Crippen LogP contribution in [-0.2, 0) is 25.7 Å². The Balaban J connectivity index is 0.936. The standard InChI is InChI=1S/C67H49N3O/c1-2-12-50(13-3-1)51-32-34-52(35-33-51)62-45-55(66-67-61(38-41-70-66)60-16-6-7-19-65(60)71-67)36-37-59(62)58-15-5-4-14-57(58)56-43-48(22-20-46-24-28-53(29-25-46)63-17-8-10-39-68-63)42-49(44-56)23-21-47-26-30-54(31-27-47)64-18-9-11-40-69-64/h1-19,24-45H,20-23H2. The molecular formula is C67H49N3O. The van der Waals surface area contributed by atoms with Crippen LogP contribution < -0.4 is 0 Å². The molecular weight excluding hydrogens is 863 g/mol. The maximum atomic E-state index is 6.54. The van der Waals surface area contributed by atoms with Crippen LogP contribution in [0, 0.1) is 0 Å². The van der Waals surface area contributed by atoms with Crippen LogP contribution in [0.15, 0.2) is 254 Å². The first-order chi connectivity index (χ1) is 35.2. The van der Waals surface area contributed by atoms with Crippen LogP contribution in [0.2, 0.25) is 0 Å². The van der Waals surface area contributed by atoms with E-state index in [0.29, 0.717) is 0 Å². The monoisotopic (exact) mass is 911 g/mol. The van der Waals surface area contributed by atoms with Crippen LogP contribution >= 0.6 is 0 Å². The highest BCUT2D eigenvalue weighted by Crippen LogP contribution is 2.43. The van der Waals surface area contributed by atoms with E-state index in [2.05, 4.69) is 204 Å². The highest BCUT2D eigenvalue weighted by Gasteiger charge is 2.19. The molecule has 0 atom stereocenters. The highest BCUT2D eigenvalue weighted by molar-refractivity contribution is 6.09. The van der Waals surface area contributed by atoms with Gasteiger partial charge in [0.25, 0.3) is 0 Å².